The fraction of sp³-hybridized carbons (Fsp3) is 0.714. The van der Waals surface area contributed by atoms with Gasteiger partial charge in [-0.15, -0.1) is 0 Å². The lowest BCUT2D eigenvalue weighted by atomic mass is 9.44. The van der Waals surface area contributed by atoms with Crippen molar-refractivity contribution in [1.29, 1.82) is 0 Å². The van der Waals surface area contributed by atoms with E-state index in [1.54, 1.807) is 0 Å². The van der Waals surface area contributed by atoms with Gasteiger partial charge in [-0.3, -0.25) is 14.4 Å². The highest BCUT2D eigenvalue weighted by atomic mass is 16.7. The van der Waals surface area contributed by atoms with E-state index in [9.17, 15) is 19.2 Å². The van der Waals surface area contributed by atoms with Crippen molar-refractivity contribution in [3.05, 3.63) is 23.8 Å². The van der Waals surface area contributed by atoms with E-state index in [0.29, 0.717) is 18.4 Å². The highest BCUT2D eigenvalue weighted by molar-refractivity contribution is 5.86. The van der Waals surface area contributed by atoms with Crippen molar-refractivity contribution in [3.8, 4) is 0 Å². The lowest BCUT2D eigenvalue weighted by Crippen LogP contribution is -2.72. The Hall–Kier alpha value is -2.72. The van der Waals surface area contributed by atoms with Crippen LogP contribution in [0, 0.1) is 22.7 Å². The molecule has 0 radical (unpaired) electrons. The van der Waals surface area contributed by atoms with E-state index in [1.807, 2.05) is 27.7 Å². The Bertz CT molecular complexity index is 1140. The first-order valence-electron chi connectivity index (χ1n) is 13.0. The molecule has 38 heavy (non-hydrogen) atoms. The zero-order valence-electron chi connectivity index (χ0n) is 22.8. The predicted molar refractivity (Wildman–Crippen MR) is 130 cm³/mol. The van der Waals surface area contributed by atoms with E-state index in [2.05, 4.69) is 6.58 Å². The molecule has 0 aromatic carbocycles. The molecule has 1 spiro atoms. The summed E-state index contributed by atoms with van der Waals surface area (Å²) in [5, 5.41) is 0. The van der Waals surface area contributed by atoms with Crippen molar-refractivity contribution >= 4 is 23.9 Å². The van der Waals surface area contributed by atoms with Gasteiger partial charge in [-0.1, -0.05) is 20.4 Å². The highest BCUT2D eigenvalue weighted by Gasteiger charge is 2.73. The van der Waals surface area contributed by atoms with Crippen molar-refractivity contribution < 1.29 is 47.6 Å². The van der Waals surface area contributed by atoms with E-state index < -0.39 is 70.3 Å². The molecule has 5 aliphatic rings. The SMILES string of the molecule is C=C1C2CCC3(C)C(C4=CC(=O)OC4OC)OC(=O)CC13OC1CC(=O)OC(C)(C)C(CC(=O)OC)C12C. The van der Waals surface area contributed by atoms with Crippen LogP contribution in [0.4, 0.5) is 0 Å². The van der Waals surface area contributed by atoms with Gasteiger partial charge in [-0.25, -0.2) is 4.79 Å². The molecule has 0 N–H and O–H groups in total. The summed E-state index contributed by atoms with van der Waals surface area (Å²) in [7, 11) is 2.75. The number of hydrogen-bond acceptors (Lipinski definition) is 10. The number of methoxy groups -OCH3 is 2. The van der Waals surface area contributed by atoms with Crippen LogP contribution >= 0.6 is 0 Å². The van der Waals surface area contributed by atoms with Gasteiger partial charge in [-0.05, 0) is 38.2 Å². The van der Waals surface area contributed by atoms with Crippen LogP contribution in [0.15, 0.2) is 23.8 Å². The number of esters is 4. The van der Waals surface area contributed by atoms with Crippen LogP contribution < -0.4 is 0 Å². The summed E-state index contributed by atoms with van der Waals surface area (Å²) in [6.45, 7) is 12.1. The van der Waals surface area contributed by atoms with E-state index >= 15 is 0 Å². The summed E-state index contributed by atoms with van der Waals surface area (Å²) in [5.74, 6) is -2.54. The van der Waals surface area contributed by atoms with Crippen LogP contribution in [0.1, 0.15) is 59.8 Å². The number of carbonyl (C=O) groups excluding carboxylic acids is 4. The third kappa shape index (κ3) is 3.52. The smallest absolute Gasteiger partial charge is 0.333 e. The van der Waals surface area contributed by atoms with Gasteiger partial charge in [0.1, 0.15) is 17.3 Å². The Morgan fingerprint density at radius 2 is 1.82 bits per heavy atom. The molecule has 8 unspecified atom stereocenters. The maximum atomic E-state index is 13.2. The van der Waals surface area contributed by atoms with E-state index in [-0.39, 0.29) is 25.2 Å². The molecule has 1 saturated carbocycles. The van der Waals surface area contributed by atoms with Crippen molar-refractivity contribution in [2.45, 2.75) is 89.5 Å². The second kappa shape index (κ2) is 8.64. The summed E-state index contributed by atoms with van der Waals surface area (Å²) < 4.78 is 34.4. The second-order valence-electron chi connectivity index (χ2n) is 12.1. The predicted octanol–water partition coefficient (Wildman–Crippen LogP) is 2.78. The molecule has 1 aliphatic carbocycles. The average Bonchev–Trinajstić information content (AvgIpc) is 3.19. The largest absolute Gasteiger partial charge is 0.469 e. The molecule has 0 aromatic rings. The van der Waals surface area contributed by atoms with Gasteiger partial charge in [0, 0.05) is 35.5 Å². The first kappa shape index (κ1) is 26.9. The van der Waals surface area contributed by atoms with Crippen LogP contribution in [-0.2, 0) is 47.6 Å². The molecule has 0 aromatic heterocycles. The van der Waals surface area contributed by atoms with E-state index in [1.165, 1.54) is 20.3 Å². The van der Waals surface area contributed by atoms with Crippen molar-refractivity contribution in [2.24, 2.45) is 22.7 Å². The quantitative estimate of drug-likeness (QED) is 0.303. The average molecular weight is 533 g/mol. The van der Waals surface area contributed by atoms with Crippen molar-refractivity contribution in [3.63, 3.8) is 0 Å². The second-order valence-corrected chi connectivity index (χ2v) is 12.1. The van der Waals surface area contributed by atoms with Crippen LogP contribution in [0.3, 0.4) is 0 Å². The number of fused-ring (bicyclic) bond motifs is 3. The highest BCUT2D eigenvalue weighted by Crippen LogP contribution is 2.69. The molecule has 208 valence electrons. The third-order valence-corrected chi connectivity index (χ3v) is 10.0. The molecule has 8 atom stereocenters. The van der Waals surface area contributed by atoms with Gasteiger partial charge in [-0.2, -0.15) is 0 Å². The lowest BCUT2D eigenvalue weighted by Gasteiger charge is -2.68. The number of ether oxygens (including phenoxy) is 6. The Morgan fingerprint density at radius 1 is 1.11 bits per heavy atom. The van der Waals surface area contributed by atoms with Gasteiger partial charge in [0.15, 0.2) is 0 Å². The molecule has 2 bridgehead atoms. The summed E-state index contributed by atoms with van der Waals surface area (Å²) in [6.07, 6.45) is -0.0631. The normalized spacial score (nSPS) is 43.5. The Kier molecular flexibility index (Phi) is 6.11. The van der Waals surface area contributed by atoms with Crippen LogP contribution in [0.5, 0.6) is 0 Å². The molecule has 3 saturated heterocycles. The molecular formula is C28H36O10. The van der Waals surface area contributed by atoms with Crippen molar-refractivity contribution in [2.75, 3.05) is 14.2 Å². The van der Waals surface area contributed by atoms with Crippen molar-refractivity contribution in [1.82, 2.24) is 0 Å². The van der Waals surface area contributed by atoms with Gasteiger partial charge < -0.3 is 28.4 Å². The number of rotatable bonds is 4. The minimum atomic E-state index is -1.17. The maximum Gasteiger partial charge on any atom is 0.333 e. The maximum absolute atomic E-state index is 13.2. The molecule has 4 heterocycles. The molecule has 4 fully saturated rings. The topological polar surface area (TPSA) is 124 Å². The Labute approximate surface area is 222 Å². The van der Waals surface area contributed by atoms with Crippen LogP contribution in [0.2, 0.25) is 0 Å². The van der Waals surface area contributed by atoms with Gasteiger partial charge in [0.25, 0.3) is 0 Å². The van der Waals surface area contributed by atoms with Crippen LogP contribution in [0.25, 0.3) is 0 Å². The monoisotopic (exact) mass is 532 g/mol. The zero-order chi connectivity index (χ0) is 27.8. The molecule has 4 aliphatic heterocycles. The van der Waals surface area contributed by atoms with Crippen LogP contribution in [-0.4, -0.2) is 67.8 Å². The summed E-state index contributed by atoms with van der Waals surface area (Å²) in [5.41, 5.74) is -2.54. The summed E-state index contributed by atoms with van der Waals surface area (Å²) >= 11 is 0. The number of hydrogen-bond donors (Lipinski definition) is 0. The van der Waals surface area contributed by atoms with E-state index in [4.69, 9.17) is 28.4 Å². The fourth-order valence-corrected chi connectivity index (χ4v) is 8.15. The molecular weight excluding hydrogens is 496 g/mol. The number of carbonyl (C=O) groups is 4. The first-order valence-corrected chi connectivity index (χ1v) is 13.0. The Morgan fingerprint density at radius 3 is 2.47 bits per heavy atom. The standard InChI is InChI=1S/C28H36O10/c1-14-16-8-9-26(4)23(15-10-20(30)36-24(15)34-7)35-22(32)13-28(14,26)37-18-12-21(31)38-25(2,3)17(27(16,18)5)11-19(29)33-6/h10,16-18,23-24H,1,8-9,11-13H2,2-7H3. The lowest BCUT2D eigenvalue weighted by molar-refractivity contribution is -0.286. The van der Waals surface area contributed by atoms with Gasteiger partial charge >= 0.3 is 23.9 Å². The van der Waals surface area contributed by atoms with Gasteiger partial charge in [0.2, 0.25) is 6.29 Å². The summed E-state index contributed by atoms with van der Waals surface area (Å²) in [4.78, 5) is 51.0. The number of cyclic esters (lactones) is 3. The van der Waals surface area contributed by atoms with Gasteiger partial charge in [0.05, 0.1) is 32.5 Å². The summed E-state index contributed by atoms with van der Waals surface area (Å²) in [6, 6.07) is 0. The fourth-order valence-electron chi connectivity index (χ4n) is 8.15. The van der Waals surface area contributed by atoms with E-state index in [0.717, 1.165) is 5.57 Å². The molecule has 5 rings (SSSR count). The molecule has 10 heteroatoms. The zero-order valence-corrected chi connectivity index (χ0v) is 22.8. The molecule has 10 nitrogen and oxygen atoms in total. The third-order valence-electron chi connectivity index (χ3n) is 10.0. The first-order chi connectivity index (χ1) is 17.7. The Balaban J connectivity index is 1.64. The molecule has 0 amide bonds. The minimum Gasteiger partial charge on any atom is -0.469 e. The minimum absolute atomic E-state index is 0.0354.